The van der Waals surface area contributed by atoms with Gasteiger partial charge in [0.15, 0.2) is 0 Å². The third-order valence-electron chi connectivity index (χ3n) is 1.83. The molecule has 1 rings (SSSR count). The van der Waals surface area contributed by atoms with Crippen LogP contribution in [-0.4, -0.2) is 28.7 Å². The SMILES string of the molecule is COCCCCNS(=O)(=O)c1cccs1. The number of hydrogen-bond acceptors (Lipinski definition) is 4. The Morgan fingerprint density at radius 3 is 2.87 bits per heavy atom. The number of methoxy groups -OCH3 is 1. The zero-order valence-corrected chi connectivity index (χ0v) is 10.2. The molecular formula is C9H15NO3S2. The Bertz CT molecular complexity index is 359. The van der Waals surface area contributed by atoms with Crippen molar-refractivity contribution >= 4 is 21.4 Å². The minimum atomic E-state index is -3.28. The van der Waals surface area contributed by atoms with Gasteiger partial charge in [-0.3, -0.25) is 0 Å². The Balaban J connectivity index is 2.32. The van der Waals surface area contributed by atoms with Gasteiger partial charge in [-0.05, 0) is 24.3 Å². The average Bonchev–Trinajstić information content (AvgIpc) is 2.70. The van der Waals surface area contributed by atoms with Crippen molar-refractivity contribution in [3.8, 4) is 0 Å². The molecule has 86 valence electrons. The second kappa shape index (κ2) is 6.22. The molecule has 0 aromatic carbocycles. The van der Waals surface area contributed by atoms with Crippen molar-refractivity contribution < 1.29 is 13.2 Å². The zero-order chi connectivity index (χ0) is 11.1. The largest absolute Gasteiger partial charge is 0.385 e. The number of hydrogen-bond donors (Lipinski definition) is 1. The molecule has 0 saturated carbocycles. The van der Waals surface area contributed by atoms with Crippen molar-refractivity contribution in [2.45, 2.75) is 17.1 Å². The van der Waals surface area contributed by atoms with Gasteiger partial charge < -0.3 is 4.74 Å². The number of sulfonamides is 1. The molecule has 1 heterocycles. The minimum absolute atomic E-state index is 0.370. The highest BCUT2D eigenvalue weighted by Gasteiger charge is 2.13. The van der Waals surface area contributed by atoms with Crippen LogP contribution in [0.1, 0.15) is 12.8 Å². The molecule has 15 heavy (non-hydrogen) atoms. The van der Waals surface area contributed by atoms with Crippen LogP contribution in [0.2, 0.25) is 0 Å². The average molecular weight is 249 g/mol. The normalized spacial score (nSPS) is 11.8. The highest BCUT2D eigenvalue weighted by Crippen LogP contribution is 2.14. The molecule has 0 spiro atoms. The van der Waals surface area contributed by atoms with Crippen LogP contribution < -0.4 is 4.72 Å². The molecule has 0 atom stereocenters. The van der Waals surface area contributed by atoms with Crippen molar-refractivity contribution in [3.63, 3.8) is 0 Å². The highest BCUT2D eigenvalue weighted by molar-refractivity contribution is 7.91. The molecule has 1 aromatic rings. The van der Waals surface area contributed by atoms with Gasteiger partial charge >= 0.3 is 0 Å². The lowest BCUT2D eigenvalue weighted by Gasteiger charge is -2.03. The summed E-state index contributed by atoms with van der Waals surface area (Å²) in [6.07, 6.45) is 1.65. The quantitative estimate of drug-likeness (QED) is 0.744. The third-order valence-corrected chi connectivity index (χ3v) is 4.69. The van der Waals surface area contributed by atoms with Gasteiger partial charge in [0.25, 0.3) is 0 Å². The number of unbranched alkanes of at least 4 members (excludes halogenated alkanes) is 1. The lowest BCUT2D eigenvalue weighted by Crippen LogP contribution is -2.24. The molecule has 0 unspecified atom stereocenters. The van der Waals surface area contributed by atoms with Gasteiger partial charge in [0, 0.05) is 20.3 Å². The van der Waals surface area contributed by atoms with E-state index in [1.54, 1.807) is 24.6 Å². The molecule has 0 aliphatic heterocycles. The van der Waals surface area contributed by atoms with Crippen LogP contribution in [0.3, 0.4) is 0 Å². The number of nitrogens with one attached hydrogen (secondary N) is 1. The summed E-state index contributed by atoms with van der Waals surface area (Å²) in [6, 6.07) is 3.33. The fraction of sp³-hybridized carbons (Fsp3) is 0.556. The van der Waals surface area contributed by atoms with E-state index in [4.69, 9.17) is 4.74 Å². The van der Waals surface area contributed by atoms with Gasteiger partial charge in [-0.1, -0.05) is 6.07 Å². The maximum absolute atomic E-state index is 11.6. The summed E-state index contributed by atoms with van der Waals surface area (Å²) in [4.78, 5) is 0. The molecule has 0 radical (unpaired) electrons. The maximum atomic E-state index is 11.6. The molecule has 0 fully saturated rings. The molecule has 6 heteroatoms. The van der Waals surface area contributed by atoms with Gasteiger partial charge in [0.2, 0.25) is 10.0 Å². The summed E-state index contributed by atoms with van der Waals surface area (Å²) in [5.74, 6) is 0. The van der Waals surface area contributed by atoms with E-state index in [1.807, 2.05) is 0 Å². The van der Waals surface area contributed by atoms with Crippen molar-refractivity contribution in [2.75, 3.05) is 20.3 Å². The van der Waals surface area contributed by atoms with Crippen LogP contribution in [0.5, 0.6) is 0 Å². The van der Waals surface area contributed by atoms with Gasteiger partial charge in [-0.25, -0.2) is 13.1 Å². The fourth-order valence-corrected chi connectivity index (χ4v) is 3.18. The standard InChI is InChI=1S/C9H15NO3S2/c1-13-7-3-2-6-10-15(11,12)9-5-4-8-14-9/h4-5,8,10H,2-3,6-7H2,1H3. The summed E-state index contributed by atoms with van der Waals surface area (Å²) >= 11 is 1.22. The third kappa shape index (κ3) is 4.29. The van der Waals surface area contributed by atoms with Gasteiger partial charge in [0.1, 0.15) is 4.21 Å². The maximum Gasteiger partial charge on any atom is 0.250 e. The summed E-state index contributed by atoms with van der Waals surface area (Å²) in [5.41, 5.74) is 0. The second-order valence-electron chi connectivity index (χ2n) is 3.03. The summed E-state index contributed by atoms with van der Waals surface area (Å²) < 4.78 is 31.0. The topological polar surface area (TPSA) is 55.4 Å². The van der Waals surface area contributed by atoms with Crippen LogP contribution in [0.15, 0.2) is 21.7 Å². The van der Waals surface area contributed by atoms with E-state index in [-0.39, 0.29) is 0 Å². The van der Waals surface area contributed by atoms with Crippen LogP contribution in [-0.2, 0) is 14.8 Å². The molecule has 0 aliphatic carbocycles. The summed E-state index contributed by atoms with van der Waals surface area (Å²) in [6.45, 7) is 1.13. The van der Waals surface area contributed by atoms with E-state index in [1.165, 1.54) is 11.3 Å². The minimum Gasteiger partial charge on any atom is -0.385 e. The lowest BCUT2D eigenvalue weighted by atomic mass is 10.3. The lowest BCUT2D eigenvalue weighted by molar-refractivity contribution is 0.193. The first kappa shape index (κ1) is 12.6. The Labute approximate surface area is 94.3 Å². The van der Waals surface area contributed by atoms with Crippen molar-refractivity contribution in [2.24, 2.45) is 0 Å². The summed E-state index contributed by atoms with van der Waals surface area (Å²) in [5, 5.41) is 1.75. The Kier molecular flexibility index (Phi) is 5.24. The first-order chi connectivity index (χ1) is 7.17. The Hall–Kier alpha value is -0.430. The predicted octanol–water partition coefficient (Wildman–Crippen LogP) is 1.45. The van der Waals surface area contributed by atoms with E-state index in [0.717, 1.165) is 12.8 Å². The Morgan fingerprint density at radius 1 is 1.47 bits per heavy atom. The number of rotatable bonds is 7. The number of thiophene rings is 1. The Morgan fingerprint density at radius 2 is 2.27 bits per heavy atom. The molecule has 0 amide bonds. The molecule has 0 aliphatic rings. The highest BCUT2D eigenvalue weighted by atomic mass is 32.2. The van der Waals surface area contributed by atoms with Crippen LogP contribution in [0.25, 0.3) is 0 Å². The van der Waals surface area contributed by atoms with Gasteiger partial charge in [-0.2, -0.15) is 0 Å². The van der Waals surface area contributed by atoms with Crippen LogP contribution in [0.4, 0.5) is 0 Å². The second-order valence-corrected chi connectivity index (χ2v) is 5.97. The van der Waals surface area contributed by atoms with Gasteiger partial charge in [0.05, 0.1) is 0 Å². The van der Waals surface area contributed by atoms with E-state index in [9.17, 15) is 8.42 Å². The molecule has 0 bridgehead atoms. The first-order valence-corrected chi connectivity index (χ1v) is 7.05. The van der Waals surface area contributed by atoms with Crippen molar-refractivity contribution in [1.29, 1.82) is 0 Å². The number of ether oxygens (including phenoxy) is 1. The van der Waals surface area contributed by atoms with Crippen LogP contribution in [0, 0.1) is 0 Å². The summed E-state index contributed by atoms with van der Waals surface area (Å²) in [7, 11) is -1.64. The predicted molar refractivity (Wildman–Crippen MR) is 60.6 cm³/mol. The fourth-order valence-electron chi connectivity index (χ4n) is 1.07. The molecule has 0 saturated heterocycles. The molecule has 4 nitrogen and oxygen atoms in total. The van der Waals surface area contributed by atoms with Crippen LogP contribution >= 0.6 is 11.3 Å². The van der Waals surface area contributed by atoms with Crippen molar-refractivity contribution in [1.82, 2.24) is 4.72 Å². The molecule has 1 aromatic heterocycles. The first-order valence-electron chi connectivity index (χ1n) is 4.69. The van der Waals surface area contributed by atoms with E-state index >= 15 is 0 Å². The van der Waals surface area contributed by atoms with E-state index in [2.05, 4.69) is 4.72 Å². The zero-order valence-electron chi connectivity index (χ0n) is 8.60. The smallest absolute Gasteiger partial charge is 0.250 e. The van der Waals surface area contributed by atoms with Gasteiger partial charge in [-0.15, -0.1) is 11.3 Å². The molecular weight excluding hydrogens is 234 g/mol. The molecule has 1 N–H and O–H groups in total. The monoisotopic (exact) mass is 249 g/mol. The van der Waals surface area contributed by atoms with Crippen molar-refractivity contribution in [3.05, 3.63) is 17.5 Å². The van der Waals surface area contributed by atoms with E-state index < -0.39 is 10.0 Å². The van der Waals surface area contributed by atoms with E-state index in [0.29, 0.717) is 17.4 Å².